The van der Waals surface area contributed by atoms with Crippen molar-refractivity contribution in [3.8, 4) is 11.5 Å². The largest absolute Gasteiger partial charge is 0.384 e. The van der Waals surface area contributed by atoms with Gasteiger partial charge in [0, 0.05) is 18.2 Å². The van der Waals surface area contributed by atoms with E-state index in [1.807, 2.05) is 12.1 Å². The summed E-state index contributed by atoms with van der Waals surface area (Å²) in [5.74, 6) is 1.55. The molecule has 2 N–H and O–H groups in total. The minimum atomic E-state index is 0.432. The van der Waals surface area contributed by atoms with Crippen LogP contribution in [0.2, 0.25) is 0 Å². The fraction of sp³-hybridized carbons (Fsp3) is 0.133. The molecule has 0 bridgehead atoms. The number of aromatic nitrogens is 3. The number of nitrogen functional groups attached to an aromatic ring is 1. The number of nitrogens with two attached hydrogens (primary N) is 1. The maximum atomic E-state index is 5.65. The van der Waals surface area contributed by atoms with Crippen LogP contribution in [0.5, 0.6) is 0 Å². The molecule has 3 rings (SSSR count). The molecule has 0 spiro atoms. The monoisotopic (exact) mass is 266 g/mol. The van der Waals surface area contributed by atoms with Gasteiger partial charge in [0.15, 0.2) is 5.82 Å². The van der Waals surface area contributed by atoms with Crippen LogP contribution in [-0.4, -0.2) is 15.1 Å². The molecule has 0 aliphatic heterocycles. The topological polar surface area (TPSA) is 77.8 Å². The summed E-state index contributed by atoms with van der Waals surface area (Å²) < 4.78 is 5.27. The summed E-state index contributed by atoms with van der Waals surface area (Å²) in [5.41, 5.74) is 8.83. The van der Waals surface area contributed by atoms with Crippen molar-refractivity contribution in [1.82, 2.24) is 15.1 Å². The molecule has 0 unspecified atom stereocenters. The molecular weight excluding hydrogens is 252 g/mol. The molecule has 100 valence electrons. The van der Waals surface area contributed by atoms with E-state index in [1.54, 1.807) is 18.3 Å². The number of pyridine rings is 1. The van der Waals surface area contributed by atoms with Crippen molar-refractivity contribution in [2.45, 2.75) is 13.3 Å². The highest BCUT2D eigenvalue weighted by atomic mass is 16.5. The summed E-state index contributed by atoms with van der Waals surface area (Å²) in [6.45, 7) is 2.07. The van der Waals surface area contributed by atoms with Crippen molar-refractivity contribution < 1.29 is 4.52 Å². The number of anilines is 1. The van der Waals surface area contributed by atoms with Crippen molar-refractivity contribution in [2.75, 3.05) is 5.73 Å². The average Bonchev–Trinajstić information content (AvgIpc) is 2.90. The Morgan fingerprint density at radius 1 is 1.20 bits per heavy atom. The fourth-order valence-electron chi connectivity index (χ4n) is 2.00. The standard InChI is InChI=1S/C15H14N4O/c1-10-4-2-3-5-11(10)9-14-18-15(20-19-14)12-6-7-17-13(16)8-12/h2-8H,9H2,1H3,(H2,16,17). The molecule has 0 saturated heterocycles. The minimum absolute atomic E-state index is 0.432. The highest BCUT2D eigenvalue weighted by Gasteiger charge is 2.10. The Bertz CT molecular complexity index is 736. The van der Waals surface area contributed by atoms with E-state index in [2.05, 4.69) is 34.2 Å². The van der Waals surface area contributed by atoms with Gasteiger partial charge in [-0.25, -0.2) is 4.98 Å². The van der Waals surface area contributed by atoms with Crippen LogP contribution >= 0.6 is 0 Å². The van der Waals surface area contributed by atoms with Crippen molar-refractivity contribution >= 4 is 5.82 Å². The molecular formula is C15H14N4O. The summed E-state index contributed by atoms with van der Waals surface area (Å²) in [6, 6.07) is 11.7. The second-order valence-corrected chi connectivity index (χ2v) is 4.59. The van der Waals surface area contributed by atoms with Crippen LogP contribution in [0, 0.1) is 6.92 Å². The maximum Gasteiger partial charge on any atom is 0.258 e. The van der Waals surface area contributed by atoms with Crippen LogP contribution in [-0.2, 0) is 6.42 Å². The summed E-state index contributed by atoms with van der Waals surface area (Å²) in [5, 5.41) is 4.01. The van der Waals surface area contributed by atoms with E-state index in [4.69, 9.17) is 10.3 Å². The predicted molar refractivity (Wildman–Crippen MR) is 75.9 cm³/mol. The molecule has 2 aromatic heterocycles. The molecule has 0 aliphatic carbocycles. The van der Waals surface area contributed by atoms with Crippen LogP contribution in [0.25, 0.3) is 11.5 Å². The van der Waals surface area contributed by atoms with Gasteiger partial charge < -0.3 is 10.3 Å². The van der Waals surface area contributed by atoms with Gasteiger partial charge in [0.2, 0.25) is 0 Å². The first-order valence-corrected chi connectivity index (χ1v) is 6.31. The van der Waals surface area contributed by atoms with Crippen LogP contribution in [0.1, 0.15) is 17.0 Å². The van der Waals surface area contributed by atoms with Gasteiger partial charge in [-0.3, -0.25) is 0 Å². The third-order valence-electron chi connectivity index (χ3n) is 3.11. The smallest absolute Gasteiger partial charge is 0.258 e. The zero-order valence-corrected chi connectivity index (χ0v) is 11.1. The van der Waals surface area contributed by atoms with E-state index in [0.29, 0.717) is 24.0 Å². The Hall–Kier alpha value is -2.69. The Morgan fingerprint density at radius 3 is 2.85 bits per heavy atom. The molecule has 0 saturated carbocycles. The van der Waals surface area contributed by atoms with Crippen LogP contribution in [0.15, 0.2) is 47.1 Å². The van der Waals surface area contributed by atoms with E-state index in [1.165, 1.54) is 11.1 Å². The number of hydrogen-bond donors (Lipinski definition) is 1. The molecule has 0 aliphatic rings. The van der Waals surface area contributed by atoms with E-state index in [-0.39, 0.29) is 0 Å². The number of rotatable bonds is 3. The molecule has 3 aromatic rings. The van der Waals surface area contributed by atoms with Crippen molar-refractivity contribution in [3.63, 3.8) is 0 Å². The van der Waals surface area contributed by atoms with Gasteiger partial charge in [-0.2, -0.15) is 4.98 Å². The van der Waals surface area contributed by atoms with Gasteiger partial charge in [-0.1, -0.05) is 29.4 Å². The number of aryl methyl sites for hydroxylation is 1. The molecule has 2 heterocycles. The van der Waals surface area contributed by atoms with Gasteiger partial charge in [0.05, 0.1) is 0 Å². The van der Waals surface area contributed by atoms with Crippen LogP contribution < -0.4 is 5.73 Å². The second kappa shape index (κ2) is 5.13. The molecule has 1 aromatic carbocycles. The normalized spacial score (nSPS) is 10.7. The van der Waals surface area contributed by atoms with E-state index in [0.717, 1.165) is 5.56 Å². The molecule has 5 nitrogen and oxygen atoms in total. The molecule has 20 heavy (non-hydrogen) atoms. The summed E-state index contributed by atoms with van der Waals surface area (Å²) in [6.07, 6.45) is 2.27. The van der Waals surface area contributed by atoms with Gasteiger partial charge >= 0.3 is 0 Å². The third kappa shape index (κ3) is 2.51. The highest BCUT2D eigenvalue weighted by molar-refractivity contribution is 5.56. The Morgan fingerprint density at radius 2 is 2.05 bits per heavy atom. The maximum absolute atomic E-state index is 5.65. The lowest BCUT2D eigenvalue weighted by Crippen LogP contribution is -1.93. The van der Waals surface area contributed by atoms with E-state index < -0.39 is 0 Å². The summed E-state index contributed by atoms with van der Waals surface area (Å²) in [4.78, 5) is 8.34. The lowest BCUT2D eigenvalue weighted by Gasteiger charge is -2.00. The Labute approximate surface area is 116 Å². The third-order valence-corrected chi connectivity index (χ3v) is 3.11. The zero-order chi connectivity index (χ0) is 13.9. The minimum Gasteiger partial charge on any atom is -0.384 e. The SMILES string of the molecule is Cc1ccccc1Cc1noc(-c2ccnc(N)c2)n1. The molecule has 5 heteroatoms. The lowest BCUT2D eigenvalue weighted by atomic mass is 10.1. The highest BCUT2D eigenvalue weighted by Crippen LogP contribution is 2.19. The van der Waals surface area contributed by atoms with Crippen molar-refractivity contribution in [3.05, 3.63) is 59.5 Å². The van der Waals surface area contributed by atoms with Gasteiger partial charge in [0.1, 0.15) is 5.82 Å². The predicted octanol–water partition coefficient (Wildman–Crippen LogP) is 2.61. The average molecular weight is 266 g/mol. The zero-order valence-electron chi connectivity index (χ0n) is 11.1. The molecule has 0 radical (unpaired) electrons. The number of nitrogens with zero attached hydrogens (tertiary/aromatic N) is 3. The quantitative estimate of drug-likeness (QED) is 0.788. The van der Waals surface area contributed by atoms with Gasteiger partial charge in [0.25, 0.3) is 5.89 Å². The van der Waals surface area contributed by atoms with Crippen LogP contribution in [0.4, 0.5) is 5.82 Å². The molecule has 0 atom stereocenters. The van der Waals surface area contributed by atoms with E-state index in [9.17, 15) is 0 Å². The summed E-state index contributed by atoms with van der Waals surface area (Å²) in [7, 11) is 0. The Balaban J connectivity index is 1.86. The first kappa shape index (κ1) is 12.3. The number of benzene rings is 1. The van der Waals surface area contributed by atoms with Crippen molar-refractivity contribution in [2.24, 2.45) is 0 Å². The second-order valence-electron chi connectivity index (χ2n) is 4.59. The summed E-state index contributed by atoms with van der Waals surface area (Å²) >= 11 is 0. The Kier molecular flexibility index (Phi) is 3.16. The van der Waals surface area contributed by atoms with Crippen molar-refractivity contribution in [1.29, 1.82) is 0 Å². The first-order chi connectivity index (χ1) is 9.72. The molecule has 0 fully saturated rings. The molecule has 0 amide bonds. The first-order valence-electron chi connectivity index (χ1n) is 6.31. The van der Waals surface area contributed by atoms with Gasteiger partial charge in [-0.05, 0) is 30.2 Å². The van der Waals surface area contributed by atoms with E-state index >= 15 is 0 Å². The lowest BCUT2D eigenvalue weighted by molar-refractivity contribution is 0.424. The fourth-order valence-corrected chi connectivity index (χ4v) is 2.00. The van der Waals surface area contributed by atoms with Crippen LogP contribution in [0.3, 0.4) is 0 Å². The number of hydrogen-bond acceptors (Lipinski definition) is 5. The van der Waals surface area contributed by atoms with Gasteiger partial charge in [-0.15, -0.1) is 0 Å².